The predicted octanol–water partition coefficient (Wildman–Crippen LogP) is 0.843. The Kier molecular flexibility index (Phi) is 3.09. The van der Waals surface area contributed by atoms with Gasteiger partial charge < -0.3 is 15.8 Å². The fourth-order valence-corrected chi connectivity index (χ4v) is 1.62. The second-order valence-corrected chi connectivity index (χ2v) is 3.80. The number of aromatic hydroxyl groups is 1. The Morgan fingerprint density at radius 2 is 2.12 bits per heavy atom. The molecule has 0 aliphatic rings. The van der Waals surface area contributed by atoms with Crippen LogP contribution in [0.25, 0.3) is 0 Å². The molecule has 0 saturated carbocycles. The van der Waals surface area contributed by atoms with E-state index in [-0.39, 0.29) is 11.4 Å². The molecule has 5 heteroatoms. The molecule has 1 aromatic heterocycles. The van der Waals surface area contributed by atoms with Gasteiger partial charge in [-0.2, -0.15) is 0 Å². The van der Waals surface area contributed by atoms with Crippen molar-refractivity contribution >= 4 is 5.69 Å². The van der Waals surface area contributed by atoms with E-state index in [2.05, 4.69) is 9.97 Å². The van der Waals surface area contributed by atoms with Gasteiger partial charge in [0, 0.05) is 12.1 Å². The molecule has 5 nitrogen and oxygen atoms in total. The Bertz CT molecular complexity index is 578. The largest absolute Gasteiger partial charge is 0.493 e. The molecule has 0 unspecified atom stereocenters. The zero-order valence-electron chi connectivity index (χ0n) is 9.18. The van der Waals surface area contributed by atoms with E-state index >= 15 is 0 Å². The lowest BCUT2D eigenvalue weighted by atomic mass is 10.1. The number of nitrogens with one attached hydrogen (secondary N) is 1. The minimum absolute atomic E-state index is 0.253. The molecule has 0 aliphatic heterocycles. The lowest BCUT2D eigenvalue weighted by Gasteiger charge is -2.02. The summed E-state index contributed by atoms with van der Waals surface area (Å²) in [4.78, 5) is 17.5. The predicted molar refractivity (Wildman–Crippen MR) is 64.8 cm³/mol. The number of rotatable bonds is 3. The van der Waals surface area contributed by atoms with E-state index in [1.807, 2.05) is 24.3 Å². The molecule has 0 aliphatic carbocycles. The molecule has 1 aromatic carbocycles. The smallest absolute Gasteiger partial charge is 0.254 e. The van der Waals surface area contributed by atoms with E-state index in [4.69, 9.17) is 5.73 Å². The first-order chi connectivity index (χ1) is 8.13. The number of hydrogen-bond donors (Lipinski definition) is 3. The molecule has 1 heterocycles. The molecule has 2 rings (SSSR count). The molecular formula is C12H13N3O2. The normalized spacial score (nSPS) is 10.4. The molecule has 0 spiro atoms. The van der Waals surface area contributed by atoms with E-state index < -0.39 is 0 Å². The fourth-order valence-electron chi connectivity index (χ4n) is 1.62. The lowest BCUT2D eigenvalue weighted by Crippen LogP contribution is -2.10. The van der Waals surface area contributed by atoms with Gasteiger partial charge in [-0.1, -0.05) is 12.1 Å². The summed E-state index contributed by atoms with van der Waals surface area (Å²) in [6, 6.07) is 8.57. The Labute approximate surface area is 98.0 Å². The van der Waals surface area contributed by atoms with Crippen molar-refractivity contribution in [2.24, 2.45) is 0 Å². The number of anilines is 1. The van der Waals surface area contributed by atoms with Crippen LogP contribution < -0.4 is 11.3 Å². The number of benzene rings is 1. The highest BCUT2D eigenvalue weighted by Gasteiger charge is 2.01. The Balaban J connectivity index is 2.09. The first kappa shape index (κ1) is 11.2. The van der Waals surface area contributed by atoms with Crippen LogP contribution in [-0.4, -0.2) is 15.1 Å². The minimum Gasteiger partial charge on any atom is -0.493 e. The number of aromatic nitrogens is 2. The maximum absolute atomic E-state index is 11.1. The van der Waals surface area contributed by atoms with Crippen LogP contribution in [0.5, 0.6) is 5.88 Å². The number of nitrogen functional groups attached to an aromatic ring is 1. The molecule has 0 saturated heterocycles. The van der Waals surface area contributed by atoms with E-state index in [1.165, 1.54) is 0 Å². The van der Waals surface area contributed by atoms with Crippen LogP contribution in [0, 0.1) is 0 Å². The van der Waals surface area contributed by atoms with Crippen molar-refractivity contribution in [1.29, 1.82) is 0 Å². The summed E-state index contributed by atoms with van der Waals surface area (Å²) in [5.41, 5.74) is 7.09. The third-order valence-corrected chi connectivity index (χ3v) is 2.38. The van der Waals surface area contributed by atoms with E-state index in [0.717, 1.165) is 11.6 Å². The average molecular weight is 231 g/mol. The molecule has 0 atom stereocenters. The van der Waals surface area contributed by atoms with Crippen molar-refractivity contribution in [2.75, 3.05) is 5.73 Å². The van der Waals surface area contributed by atoms with Gasteiger partial charge >= 0.3 is 0 Å². The van der Waals surface area contributed by atoms with Crippen LogP contribution in [0.2, 0.25) is 0 Å². The molecule has 0 fully saturated rings. The number of aryl methyl sites for hydroxylation is 2. The summed E-state index contributed by atoms with van der Waals surface area (Å²) < 4.78 is 0. The zero-order valence-corrected chi connectivity index (χ0v) is 9.18. The molecule has 4 N–H and O–H groups in total. The van der Waals surface area contributed by atoms with Crippen LogP contribution in [0.4, 0.5) is 5.69 Å². The van der Waals surface area contributed by atoms with Gasteiger partial charge in [0.25, 0.3) is 5.56 Å². The number of nitrogens with zero attached hydrogens (tertiary/aromatic N) is 1. The fraction of sp³-hybridized carbons (Fsp3) is 0.167. The van der Waals surface area contributed by atoms with E-state index in [0.29, 0.717) is 24.4 Å². The molecule has 17 heavy (non-hydrogen) atoms. The zero-order chi connectivity index (χ0) is 12.3. The van der Waals surface area contributed by atoms with Gasteiger partial charge in [0.05, 0.1) is 6.07 Å². The van der Waals surface area contributed by atoms with Gasteiger partial charge in [-0.15, -0.1) is 0 Å². The average Bonchev–Trinajstić information content (AvgIpc) is 2.25. The van der Waals surface area contributed by atoms with Crippen molar-refractivity contribution in [2.45, 2.75) is 12.8 Å². The van der Waals surface area contributed by atoms with Crippen LogP contribution in [0.3, 0.4) is 0 Å². The monoisotopic (exact) mass is 231 g/mol. The Morgan fingerprint density at radius 1 is 1.29 bits per heavy atom. The SMILES string of the molecule is Nc1cccc(CCc2nc(O)cc(=O)[nH]2)c1. The highest BCUT2D eigenvalue weighted by Crippen LogP contribution is 2.09. The van der Waals surface area contributed by atoms with E-state index in [9.17, 15) is 9.90 Å². The van der Waals surface area contributed by atoms with Crippen LogP contribution in [0.15, 0.2) is 35.1 Å². The van der Waals surface area contributed by atoms with Gasteiger partial charge in [-0.25, -0.2) is 4.98 Å². The van der Waals surface area contributed by atoms with Crippen LogP contribution >= 0.6 is 0 Å². The topological polar surface area (TPSA) is 92.0 Å². The Morgan fingerprint density at radius 3 is 2.82 bits per heavy atom. The van der Waals surface area contributed by atoms with Gasteiger partial charge in [-0.3, -0.25) is 4.79 Å². The van der Waals surface area contributed by atoms with Gasteiger partial charge in [0.15, 0.2) is 0 Å². The maximum atomic E-state index is 11.1. The van der Waals surface area contributed by atoms with Crippen molar-refractivity contribution in [3.63, 3.8) is 0 Å². The first-order valence-electron chi connectivity index (χ1n) is 5.27. The summed E-state index contributed by atoms with van der Waals surface area (Å²) in [7, 11) is 0. The second kappa shape index (κ2) is 4.69. The van der Waals surface area contributed by atoms with E-state index in [1.54, 1.807) is 0 Å². The van der Waals surface area contributed by atoms with Crippen molar-refractivity contribution < 1.29 is 5.11 Å². The van der Waals surface area contributed by atoms with Crippen molar-refractivity contribution in [3.05, 3.63) is 52.1 Å². The highest BCUT2D eigenvalue weighted by atomic mass is 16.3. The summed E-state index contributed by atoms with van der Waals surface area (Å²) in [5, 5.41) is 9.18. The molecule has 0 radical (unpaired) electrons. The summed E-state index contributed by atoms with van der Waals surface area (Å²) >= 11 is 0. The van der Waals surface area contributed by atoms with Gasteiger partial charge in [0.2, 0.25) is 5.88 Å². The molecular weight excluding hydrogens is 218 g/mol. The summed E-state index contributed by atoms with van der Waals surface area (Å²) in [5.74, 6) is 0.216. The van der Waals surface area contributed by atoms with Crippen molar-refractivity contribution in [1.82, 2.24) is 9.97 Å². The number of hydrogen-bond acceptors (Lipinski definition) is 4. The number of aromatic amines is 1. The quantitative estimate of drug-likeness (QED) is 0.682. The summed E-state index contributed by atoms with van der Waals surface area (Å²) in [6.07, 6.45) is 1.25. The highest BCUT2D eigenvalue weighted by molar-refractivity contribution is 5.40. The third kappa shape index (κ3) is 3.07. The van der Waals surface area contributed by atoms with Crippen LogP contribution in [0.1, 0.15) is 11.4 Å². The molecule has 0 amide bonds. The Hall–Kier alpha value is -2.30. The standard InChI is InChI=1S/C12H13N3O2/c13-9-3-1-2-8(6-9)4-5-10-14-11(16)7-12(17)15-10/h1-3,6-7H,4-5,13H2,(H2,14,15,16,17). The molecule has 2 aromatic rings. The first-order valence-corrected chi connectivity index (χ1v) is 5.27. The van der Waals surface area contributed by atoms with Gasteiger partial charge in [-0.05, 0) is 24.1 Å². The van der Waals surface area contributed by atoms with Crippen LogP contribution in [-0.2, 0) is 12.8 Å². The summed E-state index contributed by atoms with van der Waals surface area (Å²) in [6.45, 7) is 0. The number of nitrogens with two attached hydrogens (primary N) is 1. The minimum atomic E-state index is -0.347. The third-order valence-electron chi connectivity index (χ3n) is 2.38. The molecule has 88 valence electrons. The van der Waals surface area contributed by atoms with Gasteiger partial charge in [0.1, 0.15) is 5.82 Å². The maximum Gasteiger partial charge on any atom is 0.254 e. The number of H-pyrrole nitrogens is 1. The lowest BCUT2D eigenvalue weighted by molar-refractivity contribution is 0.447. The molecule has 0 bridgehead atoms. The second-order valence-electron chi connectivity index (χ2n) is 3.80. The van der Waals surface area contributed by atoms with Crippen molar-refractivity contribution in [3.8, 4) is 5.88 Å².